The topological polar surface area (TPSA) is 74.6 Å². The maximum Gasteiger partial charge on any atom is 0.335 e. The molecule has 2 rings (SSSR count). The summed E-state index contributed by atoms with van der Waals surface area (Å²) in [4.78, 5) is 22.7. The van der Waals surface area contributed by atoms with Gasteiger partial charge in [0.05, 0.1) is 11.1 Å². The predicted octanol–water partition coefficient (Wildman–Crippen LogP) is 4.21. The number of carboxylic acid groups (broad SMARTS) is 2. The van der Waals surface area contributed by atoms with E-state index >= 15 is 0 Å². The summed E-state index contributed by atoms with van der Waals surface area (Å²) in [6.07, 6.45) is 2.12. The highest BCUT2D eigenvalue weighted by Crippen LogP contribution is 2.28. The average Bonchev–Trinajstić information content (AvgIpc) is 2.56. The quantitative estimate of drug-likeness (QED) is 0.803. The van der Waals surface area contributed by atoms with E-state index in [-0.39, 0.29) is 5.92 Å². The van der Waals surface area contributed by atoms with E-state index in [0.717, 1.165) is 17.5 Å². The van der Waals surface area contributed by atoms with E-state index in [1.165, 1.54) is 0 Å². The van der Waals surface area contributed by atoms with Crippen LogP contribution in [0.25, 0.3) is 0 Å². The normalized spacial score (nSPS) is 11.9. The number of carbonyl (C=O) groups is 2. The third-order valence-electron chi connectivity index (χ3n) is 4.13. The van der Waals surface area contributed by atoms with Crippen LogP contribution in [0.3, 0.4) is 0 Å². The van der Waals surface area contributed by atoms with E-state index in [4.69, 9.17) is 0 Å². The minimum Gasteiger partial charge on any atom is -0.478 e. The Labute approximate surface area is 135 Å². The molecule has 0 fully saturated rings. The largest absolute Gasteiger partial charge is 0.478 e. The van der Waals surface area contributed by atoms with Crippen LogP contribution in [0, 0.1) is 0 Å². The molecule has 1 unspecified atom stereocenters. The lowest BCUT2D eigenvalue weighted by Gasteiger charge is -2.18. The number of aromatic carboxylic acids is 2. The Morgan fingerprint density at radius 3 is 2.09 bits per heavy atom. The zero-order chi connectivity index (χ0) is 16.8. The van der Waals surface area contributed by atoms with Crippen LogP contribution in [0.1, 0.15) is 57.5 Å². The van der Waals surface area contributed by atoms with Crippen molar-refractivity contribution in [1.82, 2.24) is 0 Å². The minimum absolute atomic E-state index is 0.0872. The first-order valence-corrected chi connectivity index (χ1v) is 7.68. The van der Waals surface area contributed by atoms with Crippen molar-refractivity contribution in [2.24, 2.45) is 0 Å². The first-order valence-electron chi connectivity index (χ1n) is 7.68. The minimum atomic E-state index is -0.931. The van der Waals surface area contributed by atoms with Gasteiger partial charge < -0.3 is 10.2 Å². The third-order valence-corrected chi connectivity index (χ3v) is 4.13. The van der Waals surface area contributed by atoms with Crippen LogP contribution < -0.4 is 0 Å². The molecule has 0 amide bonds. The van der Waals surface area contributed by atoms with Gasteiger partial charge in [-0.2, -0.15) is 0 Å². The Morgan fingerprint density at radius 2 is 1.48 bits per heavy atom. The lowest BCUT2D eigenvalue weighted by atomic mass is 9.86. The molecular formula is C19H20O4. The molecule has 0 aliphatic heterocycles. The average molecular weight is 312 g/mol. The first-order chi connectivity index (χ1) is 11.0. The van der Waals surface area contributed by atoms with Crippen molar-refractivity contribution in [1.29, 1.82) is 0 Å². The predicted molar refractivity (Wildman–Crippen MR) is 88.2 cm³/mol. The molecule has 120 valence electrons. The summed E-state index contributed by atoms with van der Waals surface area (Å²) in [7, 11) is 0. The molecule has 2 aromatic rings. The zero-order valence-electron chi connectivity index (χ0n) is 13.0. The Hall–Kier alpha value is -2.62. The molecule has 0 radical (unpaired) electrons. The molecule has 23 heavy (non-hydrogen) atoms. The highest BCUT2D eigenvalue weighted by Gasteiger charge is 2.18. The summed E-state index contributed by atoms with van der Waals surface area (Å²) < 4.78 is 0. The highest BCUT2D eigenvalue weighted by molar-refractivity contribution is 5.90. The fourth-order valence-electron chi connectivity index (χ4n) is 2.90. The molecule has 0 aromatic heterocycles. The van der Waals surface area contributed by atoms with Gasteiger partial charge in [0.25, 0.3) is 0 Å². The van der Waals surface area contributed by atoms with Gasteiger partial charge in [-0.15, -0.1) is 0 Å². The summed E-state index contributed by atoms with van der Waals surface area (Å²) in [5.41, 5.74) is 2.24. The number of aryl methyl sites for hydroxylation is 1. The molecule has 0 aliphatic carbocycles. The van der Waals surface area contributed by atoms with Crippen molar-refractivity contribution in [3.8, 4) is 0 Å². The number of rotatable bonds is 7. The number of hydrogen-bond acceptors (Lipinski definition) is 2. The van der Waals surface area contributed by atoms with Gasteiger partial charge in [0.1, 0.15) is 0 Å². The van der Waals surface area contributed by atoms with E-state index in [2.05, 4.69) is 0 Å². The van der Waals surface area contributed by atoms with Crippen molar-refractivity contribution >= 4 is 11.9 Å². The number of benzene rings is 2. The van der Waals surface area contributed by atoms with Crippen LogP contribution in [-0.2, 0) is 6.42 Å². The maximum atomic E-state index is 11.4. The second kappa shape index (κ2) is 7.58. The van der Waals surface area contributed by atoms with Crippen molar-refractivity contribution in [2.45, 2.75) is 32.1 Å². The van der Waals surface area contributed by atoms with Crippen LogP contribution in [0.5, 0.6) is 0 Å². The van der Waals surface area contributed by atoms with Gasteiger partial charge in [-0.3, -0.25) is 0 Å². The van der Waals surface area contributed by atoms with E-state index in [9.17, 15) is 19.8 Å². The standard InChI is InChI=1S/C19H20O4/c1-2-13(15-8-5-6-10-17(15)19(22)23)11-12-14-7-3-4-9-16(14)18(20)21/h3-10,13H,2,11-12H2,1H3,(H,20,21)(H,22,23). The fourth-order valence-corrected chi connectivity index (χ4v) is 2.90. The monoisotopic (exact) mass is 312 g/mol. The Morgan fingerprint density at radius 1 is 0.913 bits per heavy atom. The molecule has 0 bridgehead atoms. The molecule has 4 nitrogen and oxygen atoms in total. The summed E-state index contributed by atoms with van der Waals surface area (Å²) >= 11 is 0. The Kier molecular flexibility index (Phi) is 5.52. The van der Waals surface area contributed by atoms with Gasteiger partial charge >= 0.3 is 11.9 Å². The second-order valence-electron chi connectivity index (χ2n) is 5.50. The summed E-state index contributed by atoms with van der Waals surface area (Å²) in [5.74, 6) is -1.77. The molecule has 0 spiro atoms. The smallest absolute Gasteiger partial charge is 0.335 e. The van der Waals surface area contributed by atoms with Gasteiger partial charge in [0.15, 0.2) is 0 Å². The van der Waals surface area contributed by atoms with Gasteiger partial charge in [-0.05, 0) is 48.4 Å². The van der Waals surface area contributed by atoms with Gasteiger partial charge in [0.2, 0.25) is 0 Å². The molecular weight excluding hydrogens is 292 g/mol. The van der Waals surface area contributed by atoms with Crippen molar-refractivity contribution < 1.29 is 19.8 Å². The van der Waals surface area contributed by atoms with E-state index < -0.39 is 11.9 Å². The van der Waals surface area contributed by atoms with Crippen molar-refractivity contribution in [3.05, 3.63) is 70.8 Å². The summed E-state index contributed by atoms with van der Waals surface area (Å²) in [6, 6.07) is 14.0. The Balaban J connectivity index is 2.22. The molecule has 2 aromatic carbocycles. The third kappa shape index (κ3) is 3.97. The SMILES string of the molecule is CCC(CCc1ccccc1C(=O)O)c1ccccc1C(=O)O. The van der Waals surface area contributed by atoms with Crippen LogP contribution in [0.15, 0.2) is 48.5 Å². The van der Waals surface area contributed by atoms with E-state index in [0.29, 0.717) is 24.0 Å². The lowest BCUT2D eigenvalue weighted by Crippen LogP contribution is -2.09. The maximum absolute atomic E-state index is 11.4. The fraction of sp³-hybridized carbons (Fsp3) is 0.263. The molecule has 0 saturated heterocycles. The number of hydrogen-bond donors (Lipinski definition) is 2. The van der Waals surface area contributed by atoms with Crippen LogP contribution in [0.2, 0.25) is 0 Å². The first kappa shape index (κ1) is 16.7. The van der Waals surface area contributed by atoms with Crippen LogP contribution in [-0.4, -0.2) is 22.2 Å². The van der Waals surface area contributed by atoms with Gasteiger partial charge in [-0.1, -0.05) is 43.3 Å². The van der Waals surface area contributed by atoms with Crippen LogP contribution >= 0.6 is 0 Å². The molecule has 0 heterocycles. The molecule has 2 N–H and O–H groups in total. The second-order valence-corrected chi connectivity index (χ2v) is 5.50. The molecule has 0 aliphatic rings. The highest BCUT2D eigenvalue weighted by atomic mass is 16.4. The molecule has 0 saturated carbocycles. The Bertz CT molecular complexity index is 706. The number of carboxylic acids is 2. The van der Waals surface area contributed by atoms with Crippen molar-refractivity contribution in [2.75, 3.05) is 0 Å². The van der Waals surface area contributed by atoms with E-state index in [1.807, 2.05) is 31.2 Å². The van der Waals surface area contributed by atoms with E-state index in [1.54, 1.807) is 24.3 Å². The summed E-state index contributed by atoms with van der Waals surface area (Å²) in [5, 5.41) is 18.6. The van der Waals surface area contributed by atoms with Crippen molar-refractivity contribution in [3.63, 3.8) is 0 Å². The zero-order valence-corrected chi connectivity index (χ0v) is 13.0. The molecule has 4 heteroatoms. The van der Waals surface area contributed by atoms with Gasteiger partial charge in [0, 0.05) is 0 Å². The molecule has 1 atom stereocenters. The summed E-state index contributed by atoms with van der Waals surface area (Å²) in [6.45, 7) is 2.02. The van der Waals surface area contributed by atoms with Gasteiger partial charge in [-0.25, -0.2) is 9.59 Å². The van der Waals surface area contributed by atoms with Crippen LogP contribution in [0.4, 0.5) is 0 Å². The lowest BCUT2D eigenvalue weighted by molar-refractivity contribution is 0.0685.